The van der Waals surface area contributed by atoms with Gasteiger partial charge in [0.05, 0.1) is 19.4 Å². The molecular weight excluding hydrogens is 380 g/mol. The summed E-state index contributed by atoms with van der Waals surface area (Å²) in [6.07, 6.45) is 3.30. The van der Waals surface area contributed by atoms with E-state index < -0.39 is 0 Å². The van der Waals surface area contributed by atoms with Crippen molar-refractivity contribution in [3.8, 4) is 11.7 Å². The van der Waals surface area contributed by atoms with E-state index in [1.165, 1.54) is 11.1 Å². The van der Waals surface area contributed by atoms with E-state index in [0.717, 1.165) is 19.4 Å². The Morgan fingerprint density at radius 2 is 1.97 bits per heavy atom. The molecule has 0 atom stereocenters. The maximum atomic E-state index is 12.4. The van der Waals surface area contributed by atoms with Crippen molar-refractivity contribution in [2.45, 2.75) is 46.1 Å². The Morgan fingerprint density at radius 1 is 1.17 bits per heavy atom. The summed E-state index contributed by atoms with van der Waals surface area (Å²) in [5.74, 6) is 1.87. The molecule has 0 fully saturated rings. The zero-order valence-corrected chi connectivity index (χ0v) is 17.9. The molecule has 30 heavy (non-hydrogen) atoms. The summed E-state index contributed by atoms with van der Waals surface area (Å²) < 4.78 is 10.9. The average Bonchev–Trinajstić information content (AvgIpc) is 3.40. The second-order valence-corrected chi connectivity index (χ2v) is 7.69. The third kappa shape index (κ3) is 6.29. The van der Waals surface area contributed by atoms with Gasteiger partial charge < -0.3 is 14.2 Å². The molecule has 2 aromatic heterocycles. The smallest absolute Gasteiger partial charge is 0.283 e. The van der Waals surface area contributed by atoms with Crippen molar-refractivity contribution in [2.75, 3.05) is 19.6 Å². The van der Waals surface area contributed by atoms with Crippen LogP contribution in [0.3, 0.4) is 0 Å². The predicted octanol–water partition coefficient (Wildman–Crippen LogP) is 4.02. The molecule has 0 bridgehead atoms. The molecule has 1 aromatic carbocycles. The second-order valence-electron chi connectivity index (χ2n) is 7.69. The van der Waals surface area contributed by atoms with E-state index in [-0.39, 0.29) is 5.91 Å². The van der Waals surface area contributed by atoms with Crippen LogP contribution >= 0.6 is 0 Å². The van der Waals surface area contributed by atoms with Crippen molar-refractivity contribution >= 4 is 5.91 Å². The van der Waals surface area contributed by atoms with Gasteiger partial charge in [0.1, 0.15) is 0 Å². The van der Waals surface area contributed by atoms with Crippen LogP contribution in [0.15, 0.2) is 51.5 Å². The van der Waals surface area contributed by atoms with Gasteiger partial charge in [-0.15, -0.1) is 10.2 Å². The highest BCUT2D eigenvalue weighted by molar-refractivity contribution is 5.78. The van der Waals surface area contributed by atoms with E-state index in [1.54, 1.807) is 18.4 Å². The number of hydrogen-bond acceptors (Lipinski definition) is 6. The number of benzene rings is 1. The normalized spacial score (nSPS) is 11.4. The van der Waals surface area contributed by atoms with E-state index in [4.69, 9.17) is 8.83 Å². The number of carbonyl (C=O) groups excluding carboxylic acids is 1. The lowest BCUT2D eigenvalue weighted by atomic mass is 10.0. The van der Waals surface area contributed by atoms with Crippen LogP contribution in [0.5, 0.6) is 0 Å². The number of rotatable bonds is 11. The van der Waals surface area contributed by atoms with Crippen molar-refractivity contribution in [2.24, 2.45) is 0 Å². The van der Waals surface area contributed by atoms with Crippen LogP contribution in [-0.4, -0.2) is 40.6 Å². The van der Waals surface area contributed by atoms with Gasteiger partial charge in [0, 0.05) is 6.54 Å². The van der Waals surface area contributed by atoms with Crippen LogP contribution in [0.2, 0.25) is 0 Å². The first-order valence-corrected chi connectivity index (χ1v) is 10.5. The lowest BCUT2D eigenvalue weighted by molar-refractivity contribution is -0.122. The van der Waals surface area contributed by atoms with Gasteiger partial charge in [-0.05, 0) is 48.6 Å². The highest BCUT2D eigenvalue weighted by atomic mass is 16.4. The van der Waals surface area contributed by atoms with E-state index in [1.807, 2.05) is 4.90 Å². The maximum absolute atomic E-state index is 12.4. The fourth-order valence-corrected chi connectivity index (χ4v) is 3.21. The molecule has 3 aromatic rings. The molecule has 160 valence electrons. The molecule has 0 aliphatic rings. The molecule has 3 rings (SSSR count). The molecule has 1 N–H and O–H groups in total. The third-order valence-corrected chi connectivity index (χ3v) is 4.85. The van der Waals surface area contributed by atoms with Gasteiger partial charge in [0.2, 0.25) is 11.8 Å². The summed E-state index contributed by atoms with van der Waals surface area (Å²) in [4.78, 5) is 14.4. The summed E-state index contributed by atoms with van der Waals surface area (Å²) in [5, 5.41) is 11.1. The largest absolute Gasteiger partial charge is 0.459 e. The molecule has 7 heteroatoms. The minimum absolute atomic E-state index is 0.00646. The SMILES string of the molecule is CCCN(CC(=O)NCCc1ccc(C(C)C)cc1)Cc1nnc(-c2ccco2)o1. The molecule has 0 saturated heterocycles. The molecule has 0 saturated carbocycles. The molecule has 7 nitrogen and oxygen atoms in total. The molecule has 0 aliphatic carbocycles. The van der Waals surface area contributed by atoms with Gasteiger partial charge >= 0.3 is 0 Å². The van der Waals surface area contributed by atoms with Crippen LogP contribution in [0.4, 0.5) is 0 Å². The van der Waals surface area contributed by atoms with E-state index in [2.05, 4.69) is 60.6 Å². The zero-order chi connectivity index (χ0) is 21.3. The van der Waals surface area contributed by atoms with Crippen LogP contribution < -0.4 is 5.32 Å². The lowest BCUT2D eigenvalue weighted by Gasteiger charge is -2.19. The summed E-state index contributed by atoms with van der Waals surface area (Å²) >= 11 is 0. The van der Waals surface area contributed by atoms with Crippen LogP contribution in [0, 0.1) is 0 Å². The molecule has 2 heterocycles. The van der Waals surface area contributed by atoms with Crippen molar-refractivity contribution in [3.63, 3.8) is 0 Å². The molecule has 1 amide bonds. The highest BCUT2D eigenvalue weighted by Crippen LogP contribution is 2.18. The Hall–Kier alpha value is -2.93. The zero-order valence-electron chi connectivity index (χ0n) is 17.9. The summed E-state index contributed by atoms with van der Waals surface area (Å²) in [6.45, 7) is 8.54. The van der Waals surface area contributed by atoms with Gasteiger partial charge in [-0.3, -0.25) is 9.69 Å². The number of carbonyl (C=O) groups is 1. The maximum Gasteiger partial charge on any atom is 0.283 e. The first-order chi connectivity index (χ1) is 14.5. The van der Waals surface area contributed by atoms with E-state index >= 15 is 0 Å². The predicted molar refractivity (Wildman–Crippen MR) is 115 cm³/mol. The lowest BCUT2D eigenvalue weighted by Crippen LogP contribution is -2.38. The third-order valence-electron chi connectivity index (χ3n) is 4.85. The first kappa shape index (κ1) is 21.8. The minimum Gasteiger partial charge on any atom is -0.459 e. The van der Waals surface area contributed by atoms with Crippen LogP contribution in [-0.2, 0) is 17.8 Å². The number of amides is 1. The highest BCUT2D eigenvalue weighted by Gasteiger charge is 2.16. The Kier molecular flexibility index (Phi) is 7.79. The Bertz CT molecular complexity index is 901. The Balaban J connectivity index is 1.46. The van der Waals surface area contributed by atoms with Crippen molar-refractivity contribution in [1.82, 2.24) is 20.4 Å². The fraction of sp³-hybridized carbons (Fsp3) is 0.435. The number of furan rings is 1. The standard InChI is InChI=1S/C23H30N4O3/c1-4-13-27(16-22-25-26-23(30-22)20-6-5-14-29-20)15-21(28)24-12-11-18-7-9-19(10-8-18)17(2)3/h5-10,14,17H,4,11-13,15-16H2,1-3H3,(H,24,28). The van der Waals surface area contributed by atoms with Gasteiger partial charge in [0.15, 0.2) is 5.76 Å². The topological polar surface area (TPSA) is 84.4 Å². The summed E-state index contributed by atoms with van der Waals surface area (Å²) in [5.41, 5.74) is 2.55. The molecule has 0 aliphatic heterocycles. The van der Waals surface area contributed by atoms with Crippen molar-refractivity contribution in [1.29, 1.82) is 0 Å². The van der Waals surface area contributed by atoms with Crippen molar-refractivity contribution < 1.29 is 13.6 Å². The average molecular weight is 411 g/mol. The second kappa shape index (κ2) is 10.7. The molecule has 0 unspecified atom stereocenters. The van der Waals surface area contributed by atoms with Gasteiger partial charge in [-0.2, -0.15) is 0 Å². The van der Waals surface area contributed by atoms with Gasteiger partial charge in [0.25, 0.3) is 5.89 Å². The Morgan fingerprint density at radius 3 is 2.63 bits per heavy atom. The van der Waals surface area contributed by atoms with Gasteiger partial charge in [-0.25, -0.2) is 0 Å². The number of hydrogen-bond donors (Lipinski definition) is 1. The number of nitrogens with one attached hydrogen (secondary N) is 1. The number of nitrogens with zero attached hydrogens (tertiary/aromatic N) is 3. The van der Waals surface area contributed by atoms with Crippen LogP contribution in [0.25, 0.3) is 11.7 Å². The summed E-state index contributed by atoms with van der Waals surface area (Å²) in [6, 6.07) is 12.1. The number of aromatic nitrogens is 2. The van der Waals surface area contributed by atoms with E-state index in [0.29, 0.717) is 43.1 Å². The Labute approximate surface area is 177 Å². The van der Waals surface area contributed by atoms with Gasteiger partial charge in [-0.1, -0.05) is 45.0 Å². The molecule has 0 radical (unpaired) electrons. The molecule has 0 spiro atoms. The summed E-state index contributed by atoms with van der Waals surface area (Å²) in [7, 11) is 0. The first-order valence-electron chi connectivity index (χ1n) is 10.5. The minimum atomic E-state index is -0.00646. The van der Waals surface area contributed by atoms with E-state index in [9.17, 15) is 4.79 Å². The monoisotopic (exact) mass is 410 g/mol. The fourth-order valence-electron chi connectivity index (χ4n) is 3.21. The van der Waals surface area contributed by atoms with Crippen LogP contribution in [0.1, 0.15) is 50.1 Å². The van der Waals surface area contributed by atoms with Crippen molar-refractivity contribution in [3.05, 3.63) is 59.7 Å². The molecular formula is C23H30N4O3. The quantitative estimate of drug-likeness (QED) is 0.514.